The second kappa shape index (κ2) is 9.08. The van der Waals surface area contributed by atoms with E-state index in [-0.39, 0.29) is 17.2 Å². The summed E-state index contributed by atoms with van der Waals surface area (Å²) >= 11 is 11.9. The highest BCUT2D eigenvalue weighted by Crippen LogP contribution is 2.24. The van der Waals surface area contributed by atoms with Crippen molar-refractivity contribution in [3.63, 3.8) is 0 Å². The summed E-state index contributed by atoms with van der Waals surface area (Å²) in [6.07, 6.45) is 0.152. The Hall–Kier alpha value is -2.54. The number of aryl methyl sites for hydroxylation is 1. The molecule has 3 aromatic carbocycles. The first kappa shape index (κ1) is 22.2. The Bertz CT molecular complexity index is 1160. The number of sulfonamides is 1. The normalized spacial score (nSPS) is 11.2. The van der Waals surface area contributed by atoms with E-state index in [4.69, 9.17) is 23.2 Å². The molecule has 0 spiro atoms. The molecule has 0 aliphatic rings. The van der Waals surface area contributed by atoms with Crippen LogP contribution in [0.3, 0.4) is 0 Å². The molecule has 0 aliphatic carbocycles. The Balaban J connectivity index is 1.68. The lowest BCUT2D eigenvalue weighted by atomic mass is 10.1. The van der Waals surface area contributed by atoms with Gasteiger partial charge in [-0.2, -0.15) is 0 Å². The van der Waals surface area contributed by atoms with Crippen LogP contribution in [0.15, 0.2) is 71.6 Å². The maximum absolute atomic E-state index is 12.8. The number of carbonyl (C=O) groups is 1. The molecule has 3 rings (SSSR count). The zero-order valence-electron chi connectivity index (χ0n) is 16.4. The molecule has 0 unspecified atom stereocenters. The fourth-order valence-electron chi connectivity index (χ4n) is 2.79. The lowest BCUT2D eigenvalue weighted by Crippen LogP contribution is -2.26. The minimum atomic E-state index is -3.71. The first-order chi connectivity index (χ1) is 14.2. The van der Waals surface area contributed by atoms with Gasteiger partial charge in [0.1, 0.15) is 0 Å². The number of amides is 1. The summed E-state index contributed by atoms with van der Waals surface area (Å²) in [7, 11) is -2.23. The Morgan fingerprint density at radius 2 is 1.60 bits per heavy atom. The smallest absolute Gasteiger partial charge is 0.264 e. The molecule has 0 radical (unpaired) electrons. The standard InChI is InChI=1S/C22H20Cl2N2O3S/c1-15-3-8-18(14-21(15)24)25-22(27)13-16-4-9-19(10-5-16)26(2)30(28,29)20-11-6-17(23)7-12-20/h3-12,14H,13H2,1-2H3,(H,25,27). The van der Waals surface area contributed by atoms with E-state index in [1.807, 2.05) is 13.0 Å². The Morgan fingerprint density at radius 3 is 2.20 bits per heavy atom. The Kier molecular flexibility index (Phi) is 6.71. The van der Waals surface area contributed by atoms with E-state index in [9.17, 15) is 13.2 Å². The Morgan fingerprint density at radius 1 is 0.967 bits per heavy atom. The fourth-order valence-corrected chi connectivity index (χ4v) is 4.29. The molecule has 1 N–H and O–H groups in total. The number of anilines is 2. The van der Waals surface area contributed by atoms with Gasteiger partial charge in [0, 0.05) is 22.8 Å². The molecule has 0 heterocycles. The van der Waals surface area contributed by atoms with Crippen molar-refractivity contribution in [1.82, 2.24) is 0 Å². The van der Waals surface area contributed by atoms with Gasteiger partial charge in [0.25, 0.3) is 10.0 Å². The Labute approximate surface area is 186 Å². The average molecular weight is 463 g/mol. The van der Waals surface area contributed by atoms with Crippen LogP contribution in [0.5, 0.6) is 0 Å². The van der Waals surface area contributed by atoms with Crippen molar-refractivity contribution in [3.8, 4) is 0 Å². The number of hydrogen-bond acceptors (Lipinski definition) is 3. The third kappa shape index (κ3) is 5.14. The number of carbonyl (C=O) groups excluding carboxylic acids is 1. The molecule has 0 aromatic heterocycles. The van der Waals surface area contributed by atoms with E-state index >= 15 is 0 Å². The highest BCUT2D eigenvalue weighted by molar-refractivity contribution is 7.92. The molecule has 0 fully saturated rings. The molecule has 156 valence electrons. The van der Waals surface area contributed by atoms with Crippen LogP contribution in [0.4, 0.5) is 11.4 Å². The summed E-state index contributed by atoms with van der Waals surface area (Å²) < 4.78 is 26.7. The fraction of sp³-hybridized carbons (Fsp3) is 0.136. The lowest BCUT2D eigenvalue weighted by Gasteiger charge is -2.20. The molecule has 1 amide bonds. The van der Waals surface area contributed by atoms with Crippen LogP contribution in [-0.2, 0) is 21.2 Å². The van der Waals surface area contributed by atoms with Crippen molar-refractivity contribution >= 4 is 50.5 Å². The van der Waals surface area contributed by atoms with Gasteiger partial charge >= 0.3 is 0 Å². The van der Waals surface area contributed by atoms with Gasteiger partial charge in [-0.1, -0.05) is 41.4 Å². The second-order valence-corrected chi connectivity index (χ2v) is 9.59. The maximum Gasteiger partial charge on any atom is 0.264 e. The molecular weight excluding hydrogens is 443 g/mol. The largest absolute Gasteiger partial charge is 0.326 e. The number of halogens is 2. The predicted molar refractivity (Wildman–Crippen MR) is 122 cm³/mol. The van der Waals surface area contributed by atoms with Crippen molar-refractivity contribution in [2.75, 3.05) is 16.7 Å². The number of benzene rings is 3. The van der Waals surface area contributed by atoms with Crippen molar-refractivity contribution in [2.45, 2.75) is 18.2 Å². The van der Waals surface area contributed by atoms with Crippen LogP contribution in [0.1, 0.15) is 11.1 Å². The molecule has 5 nitrogen and oxygen atoms in total. The summed E-state index contributed by atoms with van der Waals surface area (Å²) in [5, 5.41) is 3.86. The van der Waals surface area contributed by atoms with Gasteiger partial charge in [-0.3, -0.25) is 9.10 Å². The van der Waals surface area contributed by atoms with Gasteiger partial charge in [-0.05, 0) is 66.6 Å². The van der Waals surface area contributed by atoms with E-state index in [0.29, 0.717) is 21.4 Å². The van der Waals surface area contributed by atoms with Crippen LogP contribution in [0, 0.1) is 6.92 Å². The van der Waals surface area contributed by atoms with Crippen molar-refractivity contribution in [2.24, 2.45) is 0 Å². The van der Waals surface area contributed by atoms with Gasteiger partial charge in [0.05, 0.1) is 17.0 Å². The topological polar surface area (TPSA) is 66.5 Å². The molecule has 0 atom stereocenters. The average Bonchev–Trinajstić information content (AvgIpc) is 2.71. The van der Waals surface area contributed by atoms with Crippen molar-refractivity contribution < 1.29 is 13.2 Å². The quantitative estimate of drug-likeness (QED) is 0.539. The number of hydrogen-bond donors (Lipinski definition) is 1. The molecule has 0 bridgehead atoms. The molecule has 0 saturated carbocycles. The second-order valence-electron chi connectivity index (χ2n) is 6.78. The summed E-state index contributed by atoms with van der Waals surface area (Å²) in [6, 6.07) is 18.1. The molecule has 8 heteroatoms. The maximum atomic E-state index is 12.8. The minimum absolute atomic E-state index is 0.148. The summed E-state index contributed by atoms with van der Waals surface area (Å²) in [6.45, 7) is 1.89. The van der Waals surface area contributed by atoms with Gasteiger partial charge < -0.3 is 5.32 Å². The van der Waals surface area contributed by atoms with Gasteiger partial charge in [-0.25, -0.2) is 8.42 Å². The number of nitrogens with zero attached hydrogens (tertiary/aromatic N) is 1. The van der Waals surface area contributed by atoms with Crippen LogP contribution >= 0.6 is 23.2 Å². The van der Waals surface area contributed by atoms with Crippen molar-refractivity contribution in [3.05, 3.63) is 87.9 Å². The van der Waals surface area contributed by atoms with Crippen LogP contribution in [0.2, 0.25) is 10.0 Å². The zero-order valence-corrected chi connectivity index (χ0v) is 18.7. The minimum Gasteiger partial charge on any atom is -0.326 e. The van der Waals surface area contributed by atoms with Gasteiger partial charge in [0.15, 0.2) is 0 Å². The lowest BCUT2D eigenvalue weighted by molar-refractivity contribution is -0.115. The molecule has 0 aliphatic heterocycles. The molecule has 3 aromatic rings. The van der Waals surface area contributed by atoms with Crippen LogP contribution in [0.25, 0.3) is 0 Å². The first-order valence-electron chi connectivity index (χ1n) is 9.06. The van der Waals surface area contributed by atoms with Gasteiger partial charge in [0.2, 0.25) is 5.91 Å². The third-order valence-corrected chi connectivity index (χ3v) is 7.05. The zero-order chi connectivity index (χ0) is 21.9. The van der Waals surface area contributed by atoms with Crippen molar-refractivity contribution in [1.29, 1.82) is 0 Å². The summed E-state index contributed by atoms with van der Waals surface area (Å²) in [4.78, 5) is 12.4. The van der Waals surface area contributed by atoms with E-state index < -0.39 is 10.0 Å². The predicted octanol–water partition coefficient (Wildman–Crippen LogP) is 5.31. The monoisotopic (exact) mass is 462 g/mol. The highest BCUT2D eigenvalue weighted by atomic mass is 35.5. The van der Waals surface area contributed by atoms with Gasteiger partial charge in [-0.15, -0.1) is 0 Å². The van der Waals surface area contributed by atoms with E-state index in [1.165, 1.54) is 35.6 Å². The molecule has 0 saturated heterocycles. The SMILES string of the molecule is Cc1ccc(NC(=O)Cc2ccc(N(C)S(=O)(=O)c3ccc(Cl)cc3)cc2)cc1Cl. The van der Waals surface area contributed by atoms with E-state index in [2.05, 4.69) is 5.32 Å². The molecular formula is C22H20Cl2N2O3S. The van der Waals surface area contributed by atoms with E-state index in [0.717, 1.165) is 11.1 Å². The first-order valence-corrected chi connectivity index (χ1v) is 11.3. The highest BCUT2D eigenvalue weighted by Gasteiger charge is 2.21. The van der Waals surface area contributed by atoms with Crippen LogP contribution in [-0.4, -0.2) is 21.4 Å². The number of rotatable bonds is 6. The van der Waals surface area contributed by atoms with Crippen LogP contribution < -0.4 is 9.62 Å². The third-order valence-electron chi connectivity index (χ3n) is 4.59. The summed E-state index contributed by atoms with van der Waals surface area (Å²) in [5.74, 6) is -0.190. The summed E-state index contributed by atoms with van der Waals surface area (Å²) in [5.41, 5.74) is 2.80. The molecule has 30 heavy (non-hydrogen) atoms. The number of nitrogens with one attached hydrogen (secondary N) is 1. The van der Waals surface area contributed by atoms with E-state index in [1.54, 1.807) is 36.4 Å².